The molecule has 2 saturated heterocycles. The summed E-state index contributed by atoms with van der Waals surface area (Å²) >= 11 is 0. The highest BCUT2D eigenvalue weighted by atomic mass is 16.5. The van der Waals surface area contributed by atoms with Gasteiger partial charge in [0.25, 0.3) is 0 Å². The standard InChI is InChI=1S/C22H34N4O2/c1-23-21(24-19-22(27-2)10-17-28-18-11-22)26-15-13-25(14-16-26)12-6-9-20-7-4-3-5-8-20/h3-9H,10-19H2,1-2H3,(H,23,24)/b9-6+. The number of benzene rings is 1. The van der Waals surface area contributed by atoms with Gasteiger partial charge in [0.05, 0.1) is 5.60 Å². The Kier molecular flexibility index (Phi) is 7.89. The fourth-order valence-corrected chi connectivity index (χ4v) is 3.81. The largest absolute Gasteiger partial charge is 0.381 e. The predicted molar refractivity (Wildman–Crippen MR) is 115 cm³/mol. The van der Waals surface area contributed by atoms with Gasteiger partial charge in [-0.3, -0.25) is 9.89 Å². The minimum Gasteiger partial charge on any atom is -0.381 e. The quantitative estimate of drug-likeness (QED) is 0.599. The van der Waals surface area contributed by atoms with Gasteiger partial charge in [0.1, 0.15) is 0 Å². The number of ether oxygens (including phenoxy) is 2. The molecular formula is C22H34N4O2. The van der Waals surface area contributed by atoms with Crippen LogP contribution in [0.4, 0.5) is 0 Å². The lowest BCUT2D eigenvalue weighted by molar-refractivity contribution is -0.0858. The topological polar surface area (TPSA) is 49.3 Å². The molecule has 0 bridgehead atoms. The average Bonchev–Trinajstić information content (AvgIpc) is 2.76. The average molecular weight is 387 g/mol. The third kappa shape index (κ3) is 5.80. The third-order valence-corrected chi connectivity index (χ3v) is 5.76. The van der Waals surface area contributed by atoms with Crippen LogP contribution in [0.25, 0.3) is 6.08 Å². The SMILES string of the molecule is CN=C(NCC1(OC)CCOCC1)N1CCN(C/C=C/c2ccccc2)CC1. The molecule has 0 aliphatic carbocycles. The van der Waals surface area contributed by atoms with Gasteiger partial charge in [-0.05, 0) is 5.56 Å². The van der Waals surface area contributed by atoms with Crippen molar-refractivity contribution < 1.29 is 9.47 Å². The predicted octanol–water partition coefficient (Wildman–Crippen LogP) is 2.09. The number of rotatable bonds is 6. The van der Waals surface area contributed by atoms with Gasteiger partial charge in [0, 0.05) is 79.5 Å². The molecule has 0 unspecified atom stereocenters. The summed E-state index contributed by atoms with van der Waals surface area (Å²) in [5.74, 6) is 0.974. The van der Waals surface area contributed by atoms with Gasteiger partial charge in [-0.25, -0.2) is 0 Å². The van der Waals surface area contributed by atoms with E-state index in [1.165, 1.54) is 5.56 Å². The lowest BCUT2D eigenvalue weighted by Crippen LogP contribution is -2.55. The Morgan fingerprint density at radius 2 is 1.89 bits per heavy atom. The monoisotopic (exact) mass is 386 g/mol. The van der Waals surface area contributed by atoms with E-state index in [0.717, 1.165) is 71.3 Å². The van der Waals surface area contributed by atoms with Crippen LogP contribution in [0, 0.1) is 0 Å². The molecule has 0 amide bonds. The van der Waals surface area contributed by atoms with E-state index in [2.05, 4.69) is 56.5 Å². The Balaban J connectivity index is 1.43. The summed E-state index contributed by atoms with van der Waals surface area (Å²) < 4.78 is 11.3. The van der Waals surface area contributed by atoms with Crippen LogP contribution in [0.5, 0.6) is 0 Å². The summed E-state index contributed by atoms with van der Waals surface area (Å²) in [7, 11) is 3.66. The van der Waals surface area contributed by atoms with Crippen LogP contribution in [-0.2, 0) is 9.47 Å². The Labute approximate surface area is 169 Å². The molecule has 0 radical (unpaired) electrons. The normalized spacial score (nSPS) is 21.2. The van der Waals surface area contributed by atoms with E-state index in [1.807, 2.05) is 13.1 Å². The summed E-state index contributed by atoms with van der Waals surface area (Å²) in [5.41, 5.74) is 1.11. The molecular weight excluding hydrogens is 352 g/mol. The van der Waals surface area contributed by atoms with Crippen molar-refractivity contribution in [3.05, 3.63) is 42.0 Å². The molecule has 3 rings (SSSR count). The number of hydrogen-bond acceptors (Lipinski definition) is 4. The van der Waals surface area contributed by atoms with E-state index in [4.69, 9.17) is 9.47 Å². The fourth-order valence-electron chi connectivity index (χ4n) is 3.81. The second-order valence-electron chi connectivity index (χ2n) is 7.50. The van der Waals surface area contributed by atoms with Crippen molar-refractivity contribution in [1.29, 1.82) is 0 Å². The van der Waals surface area contributed by atoms with Gasteiger partial charge >= 0.3 is 0 Å². The van der Waals surface area contributed by atoms with Gasteiger partial charge in [-0.15, -0.1) is 0 Å². The Hall–Kier alpha value is -1.89. The number of methoxy groups -OCH3 is 1. The first-order valence-corrected chi connectivity index (χ1v) is 10.3. The molecule has 28 heavy (non-hydrogen) atoms. The fraction of sp³-hybridized carbons (Fsp3) is 0.591. The Morgan fingerprint density at radius 1 is 1.18 bits per heavy atom. The highest BCUT2D eigenvalue weighted by Crippen LogP contribution is 2.23. The highest BCUT2D eigenvalue weighted by Gasteiger charge is 2.33. The summed E-state index contributed by atoms with van der Waals surface area (Å²) in [6.07, 6.45) is 6.31. The molecule has 0 atom stereocenters. The second kappa shape index (κ2) is 10.6. The van der Waals surface area contributed by atoms with Crippen molar-refractivity contribution in [2.75, 3.05) is 66.6 Å². The Morgan fingerprint density at radius 3 is 2.54 bits per heavy atom. The first kappa shape index (κ1) is 20.8. The smallest absolute Gasteiger partial charge is 0.193 e. The number of aliphatic imine (C=N–C) groups is 1. The van der Waals surface area contributed by atoms with Crippen LogP contribution >= 0.6 is 0 Å². The van der Waals surface area contributed by atoms with E-state index >= 15 is 0 Å². The number of nitrogens with one attached hydrogen (secondary N) is 1. The van der Waals surface area contributed by atoms with Crippen molar-refractivity contribution in [3.8, 4) is 0 Å². The van der Waals surface area contributed by atoms with Crippen molar-refractivity contribution in [3.63, 3.8) is 0 Å². The van der Waals surface area contributed by atoms with Gasteiger partial charge < -0.3 is 19.7 Å². The first-order valence-electron chi connectivity index (χ1n) is 10.3. The summed E-state index contributed by atoms with van der Waals surface area (Å²) in [6.45, 7) is 7.36. The molecule has 6 nitrogen and oxygen atoms in total. The van der Waals surface area contributed by atoms with Crippen LogP contribution in [0.3, 0.4) is 0 Å². The second-order valence-corrected chi connectivity index (χ2v) is 7.50. The molecule has 1 aromatic rings. The third-order valence-electron chi connectivity index (χ3n) is 5.76. The molecule has 1 N–H and O–H groups in total. The zero-order valence-electron chi connectivity index (χ0n) is 17.3. The van der Waals surface area contributed by atoms with Crippen molar-refractivity contribution in [2.24, 2.45) is 4.99 Å². The summed E-state index contributed by atoms with van der Waals surface area (Å²) in [4.78, 5) is 9.33. The van der Waals surface area contributed by atoms with Gasteiger partial charge in [0.15, 0.2) is 5.96 Å². The maximum Gasteiger partial charge on any atom is 0.193 e. The zero-order valence-corrected chi connectivity index (χ0v) is 17.3. The molecule has 0 saturated carbocycles. The maximum absolute atomic E-state index is 5.83. The van der Waals surface area contributed by atoms with Crippen LogP contribution in [0.1, 0.15) is 18.4 Å². The molecule has 0 aromatic heterocycles. The zero-order chi connectivity index (χ0) is 19.7. The lowest BCUT2D eigenvalue weighted by Gasteiger charge is -2.39. The molecule has 2 aliphatic rings. The number of hydrogen-bond donors (Lipinski definition) is 1. The summed E-state index contributed by atoms with van der Waals surface area (Å²) in [6, 6.07) is 10.5. The molecule has 2 aliphatic heterocycles. The summed E-state index contributed by atoms with van der Waals surface area (Å²) in [5, 5.41) is 3.54. The lowest BCUT2D eigenvalue weighted by atomic mass is 9.94. The number of nitrogens with zero attached hydrogens (tertiary/aromatic N) is 3. The van der Waals surface area contributed by atoms with E-state index in [0.29, 0.717) is 0 Å². The Bertz CT molecular complexity index is 633. The van der Waals surface area contributed by atoms with Crippen molar-refractivity contribution in [1.82, 2.24) is 15.1 Å². The van der Waals surface area contributed by atoms with Crippen molar-refractivity contribution >= 4 is 12.0 Å². The number of guanidine groups is 1. The minimum atomic E-state index is -0.141. The van der Waals surface area contributed by atoms with Gasteiger partial charge in [-0.2, -0.15) is 0 Å². The van der Waals surface area contributed by atoms with Crippen LogP contribution in [0.2, 0.25) is 0 Å². The highest BCUT2D eigenvalue weighted by molar-refractivity contribution is 5.80. The van der Waals surface area contributed by atoms with E-state index in [-0.39, 0.29) is 5.60 Å². The first-order chi connectivity index (χ1) is 13.7. The molecule has 0 spiro atoms. The molecule has 1 aromatic carbocycles. The minimum absolute atomic E-state index is 0.141. The number of piperazine rings is 1. The van der Waals surface area contributed by atoms with E-state index in [1.54, 1.807) is 7.11 Å². The maximum atomic E-state index is 5.83. The van der Waals surface area contributed by atoms with E-state index in [9.17, 15) is 0 Å². The van der Waals surface area contributed by atoms with Crippen molar-refractivity contribution in [2.45, 2.75) is 18.4 Å². The van der Waals surface area contributed by atoms with Crippen LogP contribution in [-0.4, -0.2) is 88.0 Å². The molecule has 6 heteroatoms. The van der Waals surface area contributed by atoms with E-state index < -0.39 is 0 Å². The van der Waals surface area contributed by atoms with Gasteiger partial charge in [0.2, 0.25) is 0 Å². The molecule has 2 heterocycles. The van der Waals surface area contributed by atoms with Gasteiger partial charge in [-0.1, -0.05) is 42.5 Å². The van der Waals surface area contributed by atoms with Crippen LogP contribution < -0.4 is 5.32 Å². The molecule has 154 valence electrons. The molecule has 2 fully saturated rings. The van der Waals surface area contributed by atoms with Crippen LogP contribution in [0.15, 0.2) is 41.4 Å².